The first-order valence-corrected chi connectivity index (χ1v) is 6.91. The van der Waals surface area contributed by atoms with E-state index >= 15 is 0 Å². The van der Waals surface area contributed by atoms with Gasteiger partial charge in [-0.2, -0.15) is 5.10 Å². The number of hydrogen-bond donors (Lipinski definition) is 1. The summed E-state index contributed by atoms with van der Waals surface area (Å²) in [6, 6.07) is 0.288. The SMILES string of the molecule is CCCC(C)C(NC)c1c(Cl)cnn1CCC. The van der Waals surface area contributed by atoms with Gasteiger partial charge in [0.05, 0.1) is 23.0 Å². The van der Waals surface area contributed by atoms with Gasteiger partial charge in [-0.15, -0.1) is 0 Å². The topological polar surface area (TPSA) is 29.9 Å². The fourth-order valence-corrected chi connectivity index (χ4v) is 2.64. The molecule has 0 aliphatic rings. The summed E-state index contributed by atoms with van der Waals surface area (Å²) < 4.78 is 2.04. The van der Waals surface area contributed by atoms with Crippen molar-refractivity contribution in [1.29, 1.82) is 0 Å². The fourth-order valence-electron chi connectivity index (χ4n) is 2.38. The molecule has 4 heteroatoms. The standard InChI is InChI=1S/C13H24ClN3/c1-5-7-10(3)12(15-4)13-11(14)9-16-17(13)8-6-2/h9-10,12,15H,5-8H2,1-4H3. The zero-order chi connectivity index (χ0) is 12.8. The molecular weight excluding hydrogens is 234 g/mol. The Morgan fingerprint density at radius 1 is 1.41 bits per heavy atom. The van der Waals surface area contributed by atoms with Crippen molar-refractivity contribution in [1.82, 2.24) is 15.1 Å². The van der Waals surface area contributed by atoms with Crippen LogP contribution in [0.3, 0.4) is 0 Å². The lowest BCUT2D eigenvalue weighted by molar-refractivity contribution is 0.359. The van der Waals surface area contributed by atoms with E-state index in [-0.39, 0.29) is 6.04 Å². The number of aryl methyl sites for hydroxylation is 1. The molecule has 0 spiro atoms. The van der Waals surface area contributed by atoms with E-state index in [0.29, 0.717) is 5.92 Å². The van der Waals surface area contributed by atoms with E-state index in [1.807, 2.05) is 11.7 Å². The summed E-state index contributed by atoms with van der Waals surface area (Å²) in [6.07, 6.45) is 5.22. The zero-order valence-corrected chi connectivity index (χ0v) is 12.1. The number of rotatable bonds is 7. The highest BCUT2D eigenvalue weighted by molar-refractivity contribution is 6.31. The molecular formula is C13H24ClN3. The minimum absolute atomic E-state index is 0.288. The Bertz CT molecular complexity index is 335. The lowest BCUT2D eigenvalue weighted by atomic mass is 9.94. The van der Waals surface area contributed by atoms with Crippen molar-refractivity contribution >= 4 is 11.6 Å². The van der Waals surface area contributed by atoms with Crippen LogP contribution in [-0.2, 0) is 6.54 Å². The molecule has 1 N–H and O–H groups in total. The normalized spacial score (nSPS) is 14.9. The molecule has 0 aromatic carbocycles. The Morgan fingerprint density at radius 2 is 2.12 bits per heavy atom. The molecule has 98 valence electrons. The second kappa shape index (κ2) is 7.02. The summed E-state index contributed by atoms with van der Waals surface area (Å²) in [5.41, 5.74) is 1.14. The molecule has 2 unspecified atom stereocenters. The maximum atomic E-state index is 6.28. The molecule has 0 saturated heterocycles. The minimum atomic E-state index is 0.288. The van der Waals surface area contributed by atoms with Gasteiger partial charge in [0.1, 0.15) is 0 Å². The van der Waals surface area contributed by atoms with Gasteiger partial charge in [-0.1, -0.05) is 38.8 Å². The van der Waals surface area contributed by atoms with Gasteiger partial charge < -0.3 is 5.32 Å². The van der Waals surface area contributed by atoms with Crippen LogP contribution in [0, 0.1) is 5.92 Å². The highest BCUT2D eigenvalue weighted by Crippen LogP contribution is 2.30. The molecule has 0 aliphatic heterocycles. The minimum Gasteiger partial charge on any atom is -0.311 e. The Balaban J connectivity index is 2.97. The van der Waals surface area contributed by atoms with Crippen LogP contribution in [-0.4, -0.2) is 16.8 Å². The van der Waals surface area contributed by atoms with Crippen LogP contribution in [0.4, 0.5) is 0 Å². The van der Waals surface area contributed by atoms with E-state index in [9.17, 15) is 0 Å². The number of aromatic nitrogens is 2. The lowest BCUT2D eigenvalue weighted by Gasteiger charge is -2.24. The third kappa shape index (κ3) is 3.46. The van der Waals surface area contributed by atoms with Crippen LogP contribution >= 0.6 is 11.6 Å². The zero-order valence-electron chi connectivity index (χ0n) is 11.3. The first-order chi connectivity index (χ1) is 8.15. The van der Waals surface area contributed by atoms with Gasteiger partial charge in [0.2, 0.25) is 0 Å². The van der Waals surface area contributed by atoms with Crippen LogP contribution < -0.4 is 5.32 Å². The second-order valence-corrected chi connectivity index (χ2v) is 5.04. The van der Waals surface area contributed by atoms with Gasteiger partial charge in [0, 0.05) is 6.54 Å². The average molecular weight is 258 g/mol. The molecule has 17 heavy (non-hydrogen) atoms. The quantitative estimate of drug-likeness (QED) is 0.808. The summed E-state index contributed by atoms with van der Waals surface area (Å²) in [5, 5.41) is 8.52. The number of nitrogens with one attached hydrogen (secondary N) is 1. The fraction of sp³-hybridized carbons (Fsp3) is 0.769. The monoisotopic (exact) mass is 257 g/mol. The third-order valence-corrected chi connectivity index (χ3v) is 3.48. The molecule has 1 heterocycles. The second-order valence-electron chi connectivity index (χ2n) is 4.63. The van der Waals surface area contributed by atoms with Crippen LogP contribution in [0.1, 0.15) is 51.8 Å². The summed E-state index contributed by atoms with van der Waals surface area (Å²) in [6.45, 7) is 7.57. The van der Waals surface area contributed by atoms with Crippen LogP contribution in [0.5, 0.6) is 0 Å². The maximum Gasteiger partial charge on any atom is 0.0834 e. The molecule has 0 aliphatic carbocycles. The molecule has 0 radical (unpaired) electrons. The van der Waals surface area contributed by atoms with Gasteiger partial charge >= 0.3 is 0 Å². The van der Waals surface area contributed by atoms with E-state index < -0.39 is 0 Å². The van der Waals surface area contributed by atoms with Crippen molar-refractivity contribution in [3.8, 4) is 0 Å². The van der Waals surface area contributed by atoms with Crippen molar-refractivity contribution < 1.29 is 0 Å². The predicted octanol–water partition coefficient (Wildman–Crippen LogP) is 3.64. The Kier molecular flexibility index (Phi) is 6.00. The first-order valence-electron chi connectivity index (χ1n) is 6.54. The molecule has 0 fully saturated rings. The average Bonchev–Trinajstić information content (AvgIpc) is 2.64. The summed E-state index contributed by atoms with van der Waals surface area (Å²) in [5.74, 6) is 0.565. The number of hydrogen-bond acceptors (Lipinski definition) is 2. The third-order valence-electron chi connectivity index (χ3n) is 3.19. The molecule has 1 rings (SSSR count). The van der Waals surface area contributed by atoms with E-state index in [2.05, 4.69) is 31.2 Å². The Labute approximate surface area is 110 Å². The van der Waals surface area contributed by atoms with Gasteiger partial charge in [0.15, 0.2) is 0 Å². The van der Waals surface area contributed by atoms with Crippen molar-refractivity contribution in [2.75, 3.05) is 7.05 Å². The molecule has 3 nitrogen and oxygen atoms in total. The largest absolute Gasteiger partial charge is 0.311 e. The van der Waals surface area contributed by atoms with E-state index in [1.165, 1.54) is 12.8 Å². The maximum absolute atomic E-state index is 6.28. The van der Waals surface area contributed by atoms with Crippen molar-refractivity contribution in [3.63, 3.8) is 0 Å². The molecule has 1 aromatic heterocycles. The highest BCUT2D eigenvalue weighted by atomic mass is 35.5. The van der Waals surface area contributed by atoms with Crippen molar-refractivity contribution in [2.45, 2.75) is 52.6 Å². The van der Waals surface area contributed by atoms with E-state index in [4.69, 9.17) is 11.6 Å². The Morgan fingerprint density at radius 3 is 2.65 bits per heavy atom. The van der Waals surface area contributed by atoms with Crippen molar-refractivity contribution in [3.05, 3.63) is 16.9 Å². The molecule has 0 bridgehead atoms. The Hall–Kier alpha value is -0.540. The lowest BCUT2D eigenvalue weighted by Crippen LogP contribution is -2.26. The smallest absolute Gasteiger partial charge is 0.0834 e. The van der Waals surface area contributed by atoms with Crippen LogP contribution in [0.15, 0.2) is 6.20 Å². The molecule has 0 amide bonds. The van der Waals surface area contributed by atoms with Gasteiger partial charge in [-0.05, 0) is 25.8 Å². The number of halogens is 1. The molecule has 2 atom stereocenters. The van der Waals surface area contributed by atoms with Crippen LogP contribution in [0.2, 0.25) is 5.02 Å². The van der Waals surface area contributed by atoms with Gasteiger partial charge in [-0.25, -0.2) is 0 Å². The highest BCUT2D eigenvalue weighted by Gasteiger charge is 2.23. The number of nitrogens with zero attached hydrogens (tertiary/aromatic N) is 2. The van der Waals surface area contributed by atoms with Gasteiger partial charge in [0.25, 0.3) is 0 Å². The molecule has 0 saturated carbocycles. The summed E-state index contributed by atoms with van der Waals surface area (Å²) >= 11 is 6.28. The predicted molar refractivity (Wildman–Crippen MR) is 73.4 cm³/mol. The summed E-state index contributed by atoms with van der Waals surface area (Å²) in [7, 11) is 2.00. The first kappa shape index (κ1) is 14.5. The summed E-state index contributed by atoms with van der Waals surface area (Å²) in [4.78, 5) is 0. The van der Waals surface area contributed by atoms with Crippen LogP contribution in [0.25, 0.3) is 0 Å². The molecule has 1 aromatic rings. The van der Waals surface area contributed by atoms with Gasteiger partial charge in [-0.3, -0.25) is 4.68 Å². The van der Waals surface area contributed by atoms with E-state index in [0.717, 1.165) is 23.7 Å². The van der Waals surface area contributed by atoms with E-state index in [1.54, 1.807) is 6.20 Å². The van der Waals surface area contributed by atoms with Crippen molar-refractivity contribution in [2.24, 2.45) is 5.92 Å².